The van der Waals surface area contributed by atoms with Crippen molar-refractivity contribution in [3.05, 3.63) is 95.0 Å². The lowest BCUT2D eigenvalue weighted by molar-refractivity contribution is 0.682. The second kappa shape index (κ2) is 8.48. The highest BCUT2D eigenvalue weighted by Gasteiger charge is 2.14. The summed E-state index contributed by atoms with van der Waals surface area (Å²) in [7, 11) is 0.465. The first-order valence-electron chi connectivity index (χ1n) is 10.4. The van der Waals surface area contributed by atoms with E-state index in [-0.39, 0.29) is 5.56 Å². The van der Waals surface area contributed by atoms with Crippen LogP contribution in [0.25, 0.3) is 33.4 Å². The number of nitrogens with one attached hydrogen (secondary N) is 2. The number of rotatable bonds is 5. The third-order valence-corrected chi connectivity index (χ3v) is 6.89. The molecule has 0 aliphatic carbocycles. The van der Waals surface area contributed by atoms with Gasteiger partial charge in [-0.3, -0.25) is 14.1 Å². The number of H-pyrrole nitrogens is 2. The van der Waals surface area contributed by atoms with E-state index in [1.54, 1.807) is 29.8 Å². The van der Waals surface area contributed by atoms with Crippen molar-refractivity contribution in [2.75, 3.05) is 11.4 Å². The molecule has 8 heteroatoms. The number of benzene rings is 2. The van der Waals surface area contributed by atoms with Gasteiger partial charge >= 0.3 is 0 Å². The summed E-state index contributed by atoms with van der Waals surface area (Å²) in [4.78, 5) is 20.6. The number of nitrogens with zero attached hydrogens (tertiary/aromatic N) is 3. The van der Waals surface area contributed by atoms with E-state index in [0.29, 0.717) is 17.0 Å². The Balaban J connectivity index is 1.49. The Hall–Kier alpha value is -4.04. The van der Waals surface area contributed by atoms with Crippen LogP contribution in [-0.2, 0) is 11.0 Å². The van der Waals surface area contributed by atoms with Crippen LogP contribution in [0.1, 0.15) is 5.56 Å². The summed E-state index contributed by atoms with van der Waals surface area (Å²) in [6.45, 7) is 2.00. The molecule has 2 aromatic carbocycles. The molecule has 0 bridgehead atoms. The summed E-state index contributed by atoms with van der Waals surface area (Å²) < 4.78 is 14.7. The topological polar surface area (TPSA) is 94.7 Å². The molecule has 0 radical (unpaired) electrons. The van der Waals surface area contributed by atoms with Crippen molar-refractivity contribution >= 4 is 27.6 Å². The highest BCUT2D eigenvalue weighted by atomic mass is 32.2. The van der Waals surface area contributed by atoms with E-state index in [1.807, 2.05) is 67.6 Å². The maximum atomic E-state index is 13.0. The fourth-order valence-electron chi connectivity index (χ4n) is 3.64. The predicted octanol–water partition coefficient (Wildman–Crippen LogP) is 4.45. The molecule has 1 unspecified atom stereocenters. The van der Waals surface area contributed by atoms with Crippen LogP contribution in [0.4, 0.5) is 5.69 Å². The van der Waals surface area contributed by atoms with Crippen LogP contribution in [0.5, 0.6) is 0 Å². The standard InChI is InChI=1S/C25H21N5O2S/c1-16-3-7-20(8-4-16)33(32)30(2)19-6-5-18-13-24(27-22(18)14-19)21-15-23(28-29-25(21)31)17-9-11-26-12-10-17/h3-15,27H,1-2H3,(H,29,31). The Morgan fingerprint density at radius 3 is 2.45 bits per heavy atom. The SMILES string of the molecule is Cc1ccc(S(=O)N(C)c2ccc3cc(-c4cc(-c5ccncc5)n[nH]c4=O)[nH]c3c2)cc1. The van der Waals surface area contributed by atoms with E-state index >= 15 is 0 Å². The van der Waals surface area contributed by atoms with Gasteiger partial charge < -0.3 is 4.98 Å². The molecule has 3 aromatic heterocycles. The fourth-order valence-corrected chi connectivity index (χ4v) is 4.63. The quantitative estimate of drug-likeness (QED) is 0.409. The largest absolute Gasteiger partial charge is 0.354 e. The number of hydrogen-bond acceptors (Lipinski definition) is 4. The molecular weight excluding hydrogens is 434 g/mol. The maximum Gasteiger partial charge on any atom is 0.273 e. The van der Waals surface area contributed by atoms with Crippen molar-refractivity contribution in [2.24, 2.45) is 0 Å². The molecule has 3 heterocycles. The normalized spacial score (nSPS) is 12.1. The zero-order valence-corrected chi connectivity index (χ0v) is 18.9. The van der Waals surface area contributed by atoms with Gasteiger partial charge in [0, 0.05) is 35.9 Å². The van der Waals surface area contributed by atoms with E-state index in [1.165, 1.54) is 0 Å². The third-order valence-electron chi connectivity index (χ3n) is 5.51. The minimum Gasteiger partial charge on any atom is -0.354 e. The summed E-state index contributed by atoms with van der Waals surface area (Å²) in [5.41, 5.74) is 5.18. The van der Waals surface area contributed by atoms with Gasteiger partial charge in [0.2, 0.25) is 0 Å². The smallest absolute Gasteiger partial charge is 0.273 e. The van der Waals surface area contributed by atoms with Gasteiger partial charge in [-0.05, 0) is 55.5 Å². The van der Waals surface area contributed by atoms with Crippen LogP contribution >= 0.6 is 0 Å². The molecule has 164 valence electrons. The number of pyridine rings is 1. The van der Waals surface area contributed by atoms with Gasteiger partial charge in [0.05, 0.1) is 27.5 Å². The molecule has 0 amide bonds. The summed E-state index contributed by atoms with van der Waals surface area (Å²) in [6.07, 6.45) is 3.37. The summed E-state index contributed by atoms with van der Waals surface area (Å²) in [5.74, 6) is 0. The van der Waals surface area contributed by atoms with E-state index in [4.69, 9.17) is 0 Å². The fraction of sp³-hybridized carbons (Fsp3) is 0.0800. The Bertz CT molecular complexity index is 1520. The zero-order valence-electron chi connectivity index (χ0n) is 18.1. The number of aryl methyl sites for hydroxylation is 1. The van der Waals surface area contributed by atoms with Crippen molar-refractivity contribution in [1.29, 1.82) is 0 Å². The molecule has 7 nitrogen and oxygen atoms in total. The van der Waals surface area contributed by atoms with Crippen molar-refractivity contribution in [3.63, 3.8) is 0 Å². The Morgan fingerprint density at radius 2 is 1.70 bits per heavy atom. The van der Waals surface area contributed by atoms with Crippen molar-refractivity contribution in [1.82, 2.24) is 20.2 Å². The highest BCUT2D eigenvalue weighted by molar-refractivity contribution is 7.86. The Labute approximate surface area is 192 Å². The molecule has 0 fully saturated rings. The lowest BCUT2D eigenvalue weighted by Crippen LogP contribution is -2.20. The number of anilines is 1. The van der Waals surface area contributed by atoms with E-state index in [9.17, 15) is 9.00 Å². The summed E-state index contributed by atoms with van der Waals surface area (Å²) >= 11 is 0. The lowest BCUT2D eigenvalue weighted by Gasteiger charge is -2.18. The number of fused-ring (bicyclic) bond motifs is 1. The van der Waals surface area contributed by atoms with Crippen molar-refractivity contribution < 1.29 is 4.21 Å². The zero-order chi connectivity index (χ0) is 22.9. The molecule has 5 rings (SSSR count). The van der Waals surface area contributed by atoms with Crippen LogP contribution in [0.3, 0.4) is 0 Å². The lowest BCUT2D eigenvalue weighted by atomic mass is 10.1. The van der Waals surface area contributed by atoms with Gasteiger partial charge in [-0.25, -0.2) is 9.31 Å². The van der Waals surface area contributed by atoms with Crippen molar-refractivity contribution in [3.8, 4) is 22.5 Å². The molecular formula is C25H21N5O2S. The molecule has 1 atom stereocenters. The second-order valence-corrected chi connectivity index (χ2v) is 9.26. The van der Waals surface area contributed by atoms with Crippen molar-refractivity contribution in [2.45, 2.75) is 11.8 Å². The summed E-state index contributed by atoms with van der Waals surface area (Å²) in [6, 6.07) is 20.8. The molecule has 5 aromatic rings. The highest BCUT2D eigenvalue weighted by Crippen LogP contribution is 2.28. The Morgan fingerprint density at radius 1 is 0.939 bits per heavy atom. The molecule has 2 N–H and O–H groups in total. The molecule has 0 spiro atoms. The van der Waals surface area contributed by atoms with E-state index < -0.39 is 11.0 Å². The van der Waals surface area contributed by atoms with Gasteiger partial charge in [-0.2, -0.15) is 5.10 Å². The number of hydrogen-bond donors (Lipinski definition) is 2. The Kier molecular flexibility index (Phi) is 5.35. The van der Waals surface area contributed by atoms with Crippen LogP contribution in [0.15, 0.2) is 88.8 Å². The van der Waals surface area contributed by atoms with Crippen LogP contribution in [0, 0.1) is 6.92 Å². The van der Waals surface area contributed by atoms with Gasteiger partial charge in [0.1, 0.15) is 0 Å². The molecule has 0 saturated carbocycles. The summed E-state index contributed by atoms with van der Waals surface area (Å²) in [5, 5.41) is 7.69. The number of aromatic amines is 2. The first-order valence-corrected chi connectivity index (χ1v) is 11.5. The van der Waals surface area contributed by atoms with E-state index in [2.05, 4.69) is 20.2 Å². The number of aromatic nitrogens is 4. The first kappa shape index (κ1) is 20.8. The maximum absolute atomic E-state index is 13.0. The molecule has 0 aliphatic heterocycles. The average Bonchev–Trinajstić information content (AvgIpc) is 3.27. The minimum atomic E-state index is -1.34. The van der Waals surface area contributed by atoms with Crippen LogP contribution in [0.2, 0.25) is 0 Å². The monoisotopic (exact) mass is 455 g/mol. The van der Waals surface area contributed by atoms with Gasteiger partial charge in [-0.1, -0.05) is 23.8 Å². The van der Waals surface area contributed by atoms with Gasteiger partial charge in [0.15, 0.2) is 11.0 Å². The third kappa shape index (κ3) is 4.08. The first-order chi connectivity index (χ1) is 16.0. The van der Waals surface area contributed by atoms with Crippen LogP contribution < -0.4 is 9.86 Å². The molecule has 0 aliphatic rings. The molecule has 0 saturated heterocycles. The molecule has 33 heavy (non-hydrogen) atoms. The minimum absolute atomic E-state index is 0.280. The second-order valence-electron chi connectivity index (χ2n) is 7.75. The van der Waals surface area contributed by atoms with Crippen LogP contribution in [-0.4, -0.2) is 31.4 Å². The predicted molar refractivity (Wildman–Crippen MR) is 131 cm³/mol. The van der Waals surface area contributed by atoms with Gasteiger partial charge in [0.25, 0.3) is 5.56 Å². The van der Waals surface area contributed by atoms with E-state index in [0.717, 1.165) is 32.6 Å². The average molecular weight is 456 g/mol. The van der Waals surface area contributed by atoms with Gasteiger partial charge in [-0.15, -0.1) is 0 Å².